The summed E-state index contributed by atoms with van der Waals surface area (Å²) in [6.07, 6.45) is -3.01. The Morgan fingerprint density at radius 1 is 0.891 bits per heavy atom. The second-order valence-electron chi connectivity index (χ2n) is 11.1. The van der Waals surface area contributed by atoms with Gasteiger partial charge in [-0.15, -0.1) is 13.2 Å². The number of halogens is 3. The van der Waals surface area contributed by atoms with Gasteiger partial charge < -0.3 is 26.0 Å². The minimum Gasteiger partial charge on any atom is -0.406 e. The first kappa shape index (κ1) is 31.9. The van der Waals surface area contributed by atoms with Gasteiger partial charge in [0.15, 0.2) is 5.65 Å². The number of carbonyl (C=O) groups excluding carboxylic acids is 2. The van der Waals surface area contributed by atoms with Crippen LogP contribution in [0.2, 0.25) is 0 Å². The number of carbonyl (C=O) groups is 2. The molecule has 3 aromatic carbocycles. The van der Waals surface area contributed by atoms with Crippen LogP contribution in [-0.4, -0.2) is 34.2 Å². The summed E-state index contributed by atoms with van der Waals surface area (Å²) in [6.45, 7) is 8.51. The molecule has 5 rings (SSSR count). The molecular formula is C34H33F3N6O3. The van der Waals surface area contributed by atoms with Gasteiger partial charge in [-0.25, -0.2) is 9.78 Å². The van der Waals surface area contributed by atoms with Crippen molar-refractivity contribution in [2.45, 2.75) is 34.1 Å². The number of nitrogens with zero attached hydrogens (tertiary/aromatic N) is 2. The number of aromatic nitrogens is 2. The molecule has 3 amide bonds. The number of para-hydroxylation sites is 2. The number of fused-ring (bicyclic) bond motifs is 1. The van der Waals surface area contributed by atoms with E-state index >= 15 is 0 Å². The smallest absolute Gasteiger partial charge is 0.406 e. The molecule has 0 aliphatic rings. The number of nitrogens with one attached hydrogen (secondary N) is 4. The second-order valence-corrected chi connectivity index (χ2v) is 11.1. The number of amides is 3. The van der Waals surface area contributed by atoms with E-state index in [2.05, 4.69) is 26.0 Å². The van der Waals surface area contributed by atoms with Gasteiger partial charge in [-0.3, -0.25) is 9.20 Å². The zero-order valence-corrected chi connectivity index (χ0v) is 25.6. The Hall–Kier alpha value is -5.52. The van der Waals surface area contributed by atoms with Crippen molar-refractivity contribution < 1.29 is 27.5 Å². The number of hydrogen-bond donors (Lipinski definition) is 4. The summed E-state index contributed by atoms with van der Waals surface area (Å²) in [5.74, 6) is 0.181. The lowest BCUT2D eigenvalue weighted by molar-refractivity contribution is -0.274. The third-order valence-electron chi connectivity index (χ3n) is 7.07. The predicted octanol–water partition coefficient (Wildman–Crippen LogP) is 8.29. The standard InChI is InChI=1S/C34H33F3N6O3/c1-20(2)19-38-32(44)26-12-8-18-43-30(26)42-29(31(43)41-28-21(3)9-7-10-22(28)4)25-11-5-6-13-27(25)40-33(45)39-23-14-16-24(17-15-23)46-34(35,36)37/h5-18,20,41H,19H2,1-4H3,(H,38,44)(H2,39,40,45). The van der Waals surface area contributed by atoms with Crippen LogP contribution in [0.1, 0.15) is 35.3 Å². The normalized spacial score (nSPS) is 11.4. The first-order valence-corrected chi connectivity index (χ1v) is 14.6. The molecule has 238 valence electrons. The summed E-state index contributed by atoms with van der Waals surface area (Å²) in [5, 5.41) is 11.9. The summed E-state index contributed by atoms with van der Waals surface area (Å²) in [5.41, 5.74) is 5.42. The van der Waals surface area contributed by atoms with Crippen LogP contribution in [0.5, 0.6) is 5.75 Å². The number of rotatable bonds is 9. The number of imidazole rings is 1. The molecule has 5 aromatic rings. The van der Waals surface area contributed by atoms with Crippen LogP contribution in [0, 0.1) is 19.8 Å². The van der Waals surface area contributed by atoms with Gasteiger partial charge >= 0.3 is 12.4 Å². The zero-order chi connectivity index (χ0) is 33.0. The molecule has 0 radical (unpaired) electrons. The number of hydrogen-bond acceptors (Lipinski definition) is 5. The first-order valence-electron chi connectivity index (χ1n) is 14.6. The van der Waals surface area contributed by atoms with Gasteiger partial charge in [-0.05, 0) is 73.4 Å². The monoisotopic (exact) mass is 630 g/mol. The van der Waals surface area contributed by atoms with Crippen molar-refractivity contribution in [3.63, 3.8) is 0 Å². The van der Waals surface area contributed by atoms with Gasteiger partial charge in [-0.2, -0.15) is 0 Å². The van der Waals surface area contributed by atoms with Crippen molar-refractivity contribution in [1.82, 2.24) is 14.7 Å². The van der Waals surface area contributed by atoms with Gasteiger partial charge in [0, 0.05) is 29.7 Å². The van der Waals surface area contributed by atoms with Crippen molar-refractivity contribution in [3.05, 3.63) is 102 Å². The largest absolute Gasteiger partial charge is 0.573 e. The van der Waals surface area contributed by atoms with Gasteiger partial charge in [0.25, 0.3) is 5.91 Å². The van der Waals surface area contributed by atoms with Crippen LogP contribution in [0.3, 0.4) is 0 Å². The van der Waals surface area contributed by atoms with Crippen LogP contribution in [0.25, 0.3) is 16.9 Å². The Bertz CT molecular complexity index is 1860. The zero-order valence-electron chi connectivity index (χ0n) is 25.6. The maximum Gasteiger partial charge on any atom is 0.573 e. The molecule has 46 heavy (non-hydrogen) atoms. The van der Waals surface area contributed by atoms with Crippen LogP contribution >= 0.6 is 0 Å². The molecule has 4 N–H and O–H groups in total. The van der Waals surface area contributed by atoms with E-state index in [-0.39, 0.29) is 17.5 Å². The Morgan fingerprint density at radius 2 is 1.59 bits per heavy atom. The fourth-order valence-electron chi connectivity index (χ4n) is 4.90. The highest BCUT2D eigenvalue weighted by Gasteiger charge is 2.31. The number of pyridine rings is 1. The number of urea groups is 1. The van der Waals surface area contributed by atoms with Gasteiger partial charge in [0.1, 0.15) is 17.3 Å². The summed E-state index contributed by atoms with van der Waals surface area (Å²) >= 11 is 0. The van der Waals surface area contributed by atoms with Crippen molar-refractivity contribution >= 4 is 40.5 Å². The molecule has 0 saturated heterocycles. The molecule has 0 spiro atoms. The maximum atomic E-state index is 13.2. The highest BCUT2D eigenvalue weighted by molar-refractivity contribution is 6.04. The molecule has 0 aliphatic heterocycles. The van der Waals surface area contributed by atoms with E-state index in [1.807, 2.05) is 56.5 Å². The second kappa shape index (κ2) is 13.2. The third kappa shape index (κ3) is 7.40. The number of alkyl halides is 3. The Labute approximate surface area is 263 Å². The van der Waals surface area contributed by atoms with Gasteiger partial charge in [-0.1, -0.05) is 50.2 Å². The van der Waals surface area contributed by atoms with Gasteiger partial charge in [0.2, 0.25) is 0 Å². The van der Waals surface area contributed by atoms with Gasteiger partial charge in [0.05, 0.1) is 11.3 Å². The Balaban J connectivity index is 1.53. The van der Waals surface area contributed by atoms with Crippen LogP contribution in [0.15, 0.2) is 85.1 Å². The molecule has 0 atom stereocenters. The SMILES string of the molecule is Cc1cccc(C)c1Nc1c(-c2ccccc2NC(=O)Nc2ccc(OC(F)(F)F)cc2)nc2c(C(=O)NCC(C)C)cccn12. The van der Waals surface area contributed by atoms with E-state index in [0.29, 0.717) is 40.5 Å². The number of benzene rings is 3. The minimum atomic E-state index is -4.82. The topological polar surface area (TPSA) is 109 Å². The van der Waals surface area contributed by atoms with E-state index in [1.54, 1.807) is 36.4 Å². The maximum absolute atomic E-state index is 13.2. The van der Waals surface area contributed by atoms with E-state index < -0.39 is 18.1 Å². The lowest BCUT2D eigenvalue weighted by Gasteiger charge is -2.16. The number of anilines is 4. The van der Waals surface area contributed by atoms with E-state index in [4.69, 9.17) is 4.98 Å². The molecule has 0 fully saturated rings. The predicted molar refractivity (Wildman–Crippen MR) is 173 cm³/mol. The molecule has 0 saturated carbocycles. The van der Waals surface area contributed by atoms with Crippen molar-refractivity contribution in [1.29, 1.82) is 0 Å². The van der Waals surface area contributed by atoms with Crippen molar-refractivity contribution in [2.24, 2.45) is 5.92 Å². The summed E-state index contributed by atoms with van der Waals surface area (Å²) < 4.78 is 43.3. The van der Waals surface area contributed by atoms with Crippen LogP contribution in [0.4, 0.5) is 40.8 Å². The van der Waals surface area contributed by atoms with E-state index in [1.165, 1.54) is 12.1 Å². The highest BCUT2D eigenvalue weighted by Crippen LogP contribution is 2.37. The molecule has 0 aliphatic carbocycles. The molecule has 12 heteroatoms. The van der Waals surface area contributed by atoms with E-state index in [0.717, 1.165) is 28.9 Å². The van der Waals surface area contributed by atoms with Crippen molar-refractivity contribution in [2.75, 3.05) is 22.5 Å². The molecule has 2 aromatic heterocycles. The average Bonchev–Trinajstić information content (AvgIpc) is 3.36. The first-order chi connectivity index (χ1) is 21.9. The summed E-state index contributed by atoms with van der Waals surface area (Å²) in [4.78, 5) is 31.2. The van der Waals surface area contributed by atoms with Crippen molar-refractivity contribution in [3.8, 4) is 17.0 Å². The fraction of sp³-hybridized carbons (Fsp3) is 0.206. The highest BCUT2D eigenvalue weighted by atomic mass is 19.4. The summed E-state index contributed by atoms with van der Waals surface area (Å²) in [7, 11) is 0. The summed E-state index contributed by atoms with van der Waals surface area (Å²) in [6, 6.07) is 20.7. The number of aryl methyl sites for hydroxylation is 2. The quantitative estimate of drug-likeness (QED) is 0.131. The fourth-order valence-corrected chi connectivity index (χ4v) is 4.90. The molecular weight excluding hydrogens is 597 g/mol. The molecule has 9 nitrogen and oxygen atoms in total. The van der Waals surface area contributed by atoms with Crippen LogP contribution < -0.4 is 26.0 Å². The number of ether oxygens (including phenoxy) is 1. The lowest BCUT2D eigenvalue weighted by Crippen LogP contribution is -2.27. The molecule has 0 unspecified atom stereocenters. The molecule has 2 heterocycles. The minimum absolute atomic E-state index is 0.256. The molecule has 0 bridgehead atoms. The third-order valence-corrected chi connectivity index (χ3v) is 7.07. The van der Waals surface area contributed by atoms with E-state index in [9.17, 15) is 22.8 Å². The van der Waals surface area contributed by atoms with Crippen LogP contribution in [-0.2, 0) is 0 Å². The average molecular weight is 631 g/mol. The Morgan fingerprint density at radius 3 is 2.26 bits per heavy atom. The lowest BCUT2D eigenvalue weighted by atomic mass is 10.1. The Kier molecular flexibility index (Phi) is 9.17.